The van der Waals surface area contributed by atoms with Gasteiger partial charge in [0.15, 0.2) is 0 Å². The van der Waals surface area contributed by atoms with Gasteiger partial charge in [0, 0.05) is 18.6 Å². The standard InChI is InChI=1S/C15H21N/c1-5-13-14(15(2,3)4)16(13)11-12-9-7-6-8-10-12/h5-10,13-14H,1,11H2,2-4H3/t13-,14+,16?/m1/s1. The Balaban J connectivity index is 2.05. The summed E-state index contributed by atoms with van der Waals surface area (Å²) < 4.78 is 0. The fourth-order valence-corrected chi connectivity index (χ4v) is 2.57. The van der Waals surface area contributed by atoms with Crippen LogP contribution in [0, 0.1) is 5.41 Å². The molecule has 0 amide bonds. The molecule has 0 N–H and O–H groups in total. The largest absolute Gasteiger partial charge is 0.286 e. The minimum atomic E-state index is 0.341. The van der Waals surface area contributed by atoms with Gasteiger partial charge in [0.1, 0.15) is 0 Å². The van der Waals surface area contributed by atoms with Crippen LogP contribution in [-0.2, 0) is 6.54 Å². The number of benzene rings is 1. The summed E-state index contributed by atoms with van der Waals surface area (Å²) in [4.78, 5) is 2.52. The summed E-state index contributed by atoms with van der Waals surface area (Å²) in [5.41, 5.74) is 1.73. The molecule has 1 heteroatoms. The molecule has 0 radical (unpaired) electrons. The van der Waals surface area contributed by atoms with Gasteiger partial charge in [-0.25, -0.2) is 0 Å². The average molecular weight is 215 g/mol. The highest BCUT2D eigenvalue weighted by Crippen LogP contribution is 2.43. The van der Waals surface area contributed by atoms with E-state index in [2.05, 4.69) is 68.7 Å². The third kappa shape index (κ3) is 2.19. The van der Waals surface area contributed by atoms with Crippen molar-refractivity contribution in [3.8, 4) is 0 Å². The summed E-state index contributed by atoms with van der Waals surface area (Å²) in [6.07, 6.45) is 2.08. The van der Waals surface area contributed by atoms with Crippen molar-refractivity contribution in [3.05, 3.63) is 48.6 Å². The van der Waals surface area contributed by atoms with Gasteiger partial charge < -0.3 is 0 Å². The van der Waals surface area contributed by atoms with Crippen LogP contribution in [0.1, 0.15) is 26.3 Å². The predicted molar refractivity (Wildman–Crippen MR) is 69.2 cm³/mol. The molecule has 1 heterocycles. The second-order valence-corrected chi connectivity index (χ2v) is 5.70. The van der Waals surface area contributed by atoms with Gasteiger partial charge in [-0.15, -0.1) is 6.58 Å². The SMILES string of the molecule is C=C[C@@H]1[C@@H](C(C)(C)C)N1Cc1ccccc1. The van der Waals surface area contributed by atoms with Crippen molar-refractivity contribution in [3.63, 3.8) is 0 Å². The Morgan fingerprint density at radius 1 is 1.25 bits per heavy atom. The summed E-state index contributed by atoms with van der Waals surface area (Å²) in [5, 5.41) is 0. The molecule has 1 aromatic carbocycles. The maximum absolute atomic E-state index is 3.94. The van der Waals surface area contributed by atoms with Crippen LogP contribution in [0.25, 0.3) is 0 Å². The maximum atomic E-state index is 3.94. The molecule has 1 aliphatic rings. The van der Waals surface area contributed by atoms with Crippen molar-refractivity contribution in [2.45, 2.75) is 39.4 Å². The molecule has 1 aliphatic heterocycles. The Kier molecular flexibility index (Phi) is 2.90. The monoisotopic (exact) mass is 215 g/mol. The topological polar surface area (TPSA) is 3.01 Å². The summed E-state index contributed by atoms with van der Waals surface area (Å²) in [6.45, 7) is 11.9. The van der Waals surface area contributed by atoms with E-state index in [0.29, 0.717) is 17.5 Å². The van der Waals surface area contributed by atoms with E-state index in [9.17, 15) is 0 Å². The molecule has 1 nitrogen and oxygen atoms in total. The molecule has 0 aromatic heterocycles. The fraction of sp³-hybridized carbons (Fsp3) is 0.467. The molecule has 1 fully saturated rings. The fourth-order valence-electron chi connectivity index (χ4n) is 2.57. The van der Waals surface area contributed by atoms with Crippen LogP contribution < -0.4 is 0 Å². The molecular weight excluding hydrogens is 194 g/mol. The normalized spacial score (nSPS) is 28.8. The van der Waals surface area contributed by atoms with Crippen molar-refractivity contribution < 1.29 is 0 Å². The number of hydrogen-bond donors (Lipinski definition) is 0. The van der Waals surface area contributed by atoms with Gasteiger partial charge >= 0.3 is 0 Å². The molecular formula is C15H21N. The molecule has 0 aliphatic carbocycles. The van der Waals surface area contributed by atoms with E-state index in [1.54, 1.807) is 0 Å². The summed E-state index contributed by atoms with van der Waals surface area (Å²) in [6, 6.07) is 11.9. The van der Waals surface area contributed by atoms with E-state index >= 15 is 0 Å². The zero-order chi connectivity index (χ0) is 11.8. The molecule has 16 heavy (non-hydrogen) atoms. The van der Waals surface area contributed by atoms with E-state index in [4.69, 9.17) is 0 Å². The van der Waals surface area contributed by atoms with E-state index in [1.807, 2.05) is 0 Å². The quantitative estimate of drug-likeness (QED) is 0.551. The van der Waals surface area contributed by atoms with Gasteiger partial charge in [0.25, 0.3) is 0 Å². The summed E-state index contributed by atoms with van der Waals surface area (Å²) in [7, 11) is 0. The Morgan fingerprint density at radius 3 is 2.31 bits per heavy atom. The van der Waals surface area contributed by atoms with Crippen molar-refractivity contribution >= 4 is 0 Å². The first kappa shape index (κ1) is 11.4. The molecule has 0 saturated carbocycles. The van der Waals surface area contributed by atoms with Gasteiger partial charge in [-0.3, -0.25) is 4.90 Å². The van der Waals surface area contributed by atoms with E-state index in [1.165, 1.54) is 5.56 Å². The lowest BCUT2D eigenvalue weighted by Gasteiger charge is -2.18. The Morgan fingerprint density at radius 2 is 1.88 bits per heavy atom. The highest BCUT2D eigenvalue weighted by molar-refractivity contribution is 5.21. The van der Waals surface area contributed by atoms with Gasteiger partial charge in [-0.05, 0) is 11.0 Å². The second kappa shape index (κ2) is 4.06. The first-order valence-electron chi connectivity index (χ1n) is 5.96. The average Bonchev–Trinajstić information content (AvgIpc) is 2.92. The van der Waals surface area contributed by atoms with Gasteiger partial charge in [0.05, 0.1) is 0 Å². The zero-order valence-electron chi connectivity index (χ0n) is 10.5. The number of rotatable bonds is 3. The van der Waals surface area contributed by atoms with Crippen molar-refractivity contribution in [1.82, 2.24) is 4.90 Å². The van der Waals surface area contributed by atoms with E-state index in [0.717, 1.165) is 6.54 Å². The highest BCUT2D eigenvalue weighted by Gasteiger charge is 2.51. The van der Waals surface area contributed by atoms with Crippen LogP contribution in [0.2, 0.25) is 0 Å². The second-order valence-electron chi connectivity index (χ2n) is 5.70. The lowest BCUT2D eigenvalue weighted by atomic mass is 9.90. The molecule has 1 unspecified atom stereocenters. The van der Waals surface area contributed by atoms with Crippen LogP contribution in [0.3, 0.4) is 0 Å². The van der Waals surface area contributed by atoms with Crippen LogP contribution >= 0.6 is 0 Å². The third-order valence-electron chi connectivity index (χ3n) is 3.31. The summed E-state index contributed by atoms with van der Waals surface area (Å²) in [5.74, 6) is 0. The molecule has 3 atom stereocenters. The Bertz CT molecular complexity index is 361. The number of nitrogens with zero attached hydrogens (tertiary/aromatic N) is 1. The summed E-state index contributed by atoms with van der Waals surface area (Å²) >= 11 is 0. The molecule has 0 spiro atoms. The predicted octanol–water partition coefficient (Wildman–Crippen LogP) is 3.47. The van der Waals surface area contributed by atoms with E-state index in [-0.39, 0.29) is 0 Å². The Hall–Kier alpha value is -1.08. The van der Waals surface area contributed by atoms with Crippen LogP contribution in [0.5, 0.6) is 0 Å². The molecule has 1 aromatic rings. The van der Waals surface area contributed by atoms with E-state index < -0.39 is 0 Å². The van der Waals surface area contributed by atoms with Gasteiger partial charge in [-0.1, -0.05) is 57.2 Å². The lowest BCUT2D eigenvalue weighted by molar-refractivity contribution is 0.324. The van der Waals surface area contributed by atoms with Crippen LogP contribution in [0.4, 0.5) is 0 Å². The van der Waals surface area contributed by atoms with Crippen LogP contribution in [-0.4, -0.2) is 17.0 Å². The van der Waals surface area contributed by atoms with Gasteiger partial charge in [-0.2, -0.15) is 0 Å². The van der Waals surface area contributed by atoms with Gasteiger partial charge in [0.2, 0.25) is 0 Å². The number of hydrogen-bond acceptors (Lipinski definition) is 1. The molecule has 1 saturated heterocycles. The minimum absolute atomic E-state index is 0.341. The molecule has 86 valence electrons. The smallest absolute Gasteiger partial charge is 0.0444 e. The first-order valence-corrected chi connectivity index (χ1v) is 5.96. The van der Waals surface area contributed by atoms with Crippen molar-refractivity contribution in [1.29, 1.82) is 0 Å². The first-order chi connectivity index (χ1) is 7.54. The minimum Gasteiger partial charge on any atom is -0.286 e. The highest BCUT2D eigenvalue weighted by atomic mass is 15.4. The molecule has 2 rings (SSSR count). The van der Waals surface area contributed by atoms with Crippen molar-refractivity contribution in [2.24, 2.45) is 5.41 Å². The van der Waals surface area contributed by atoms with Crippen molar-refractivity contribution in [2.75, 3.05) is 0 Å². The third-order valence-corrected chi connectivity index (χ3v) is 3.31. The zero-order valence-corrected chi connectivity index (χ0v) is 10.5. The Labute approximate surface area is 98.8 Å². The lowest BCUT2D eigenvalue weighted by Crippen LogP contribution is -2.19. The molecule has 0 bridgehead atoms. The maximum Gasteiger partial charge on any atom is 0.0444 e. The van der Waals surface area contributed by atoms with Crippen LogP contribution in [0.15, 0.2) is 43.0 Å².